The van der Waals surface area contributed by atoms with E-state index in [9.17, 15) is 4.79 Å². The number of carbonyl (C=O) groups is 1. The first-order chi connectivity index (χ1) is 5.22. The van der Waals surface area contributed by atoms with Crippen molar-refractivity contribution in [2.24, 2.45) is 5.92 Å². The van der Waals surface area contributed by atoms with Crippen molar-refractivity contribution in [3.63, 3.8) is 0 Å². The highest BCUT2D eigenvalue weighted by Crippen LogP contribution is 1.94. The second-order valence-electron chi connectivity index (χ2n) is 2.65. The van der Waals surface area contributed by atoms with E-state index >= 15 is 0 Å². The van der Waals surface area contributed by atoms with Crippen LogP contribution in [0, 0.1) is 5.92 Å². The molecule has 0 heterocycles. The fourth-order valence-corrected chi connectivity index (χ4v) is 0.748. The maximum Gasteiger partial charge on any atom is 0.225 e. The van der Waals surface area contributed by atoms with Crippen LogP contribution in [-0.4, -0.2) is 26.2 Å². The minimum absolute atomic E-state index is 0.0356. The number of methoxy groups -OCH3 is 1. The van der Waals surface area contributed by atoms with Crippen LogP contribution >= 0.6 is 0 Å². The summed E-state index contributed by atoms with van der Waals surface area (Å²) in [5.41, 5.74) is 0. The Morgan fingerprint density at radius 2 is 2.27 bits per heavy atom. The molecule has 0 aromatic heterocycles. The molecule has 0 aromatic rings. The molecule has 0 fully saturated rings. The Hall–Kier alpha value is -0.570. The van der Waals surface area contributed by atoms with Crippen LogP contribution < -0.4 is 5.32 Å². The molecule has 66 valence electrons. The minimum Gasteiger partial charge on any atom is -0.384 e. The standard InChI is InChI=1S/C8H17NO2/c1-4-5-9-8(10)7(2)6-11-3/h7H,4-6H2,1-3H3,(H,9,10). The van der Waals surface area contributed by atoms with Crippen molar-refractivity contribution in [3.05, 3.63) is 0 Å². The van der Waals surface area contributed by atoms with Crippen LogP contribution in [0.4, 0.5) is 0 Å². The molecule has 0 rings (SSSR count). The highest BCUT2D eigenvalue weighted by molar-refractivity contribution is 5.78. The predicted octanol–water partition coefficient (Wildman–Crippen LogP) is 0.795. The molecule has 0 aromatic carbocycles. The van der Waals surface area contributed by atoms with Gasteiger partial charge in [-0.05, 0) is 6.42 Å². The number of hydrogen-bond donors (Lipinski definition) is 1. The summed E-state index contributed by atoms with van der Waals surface area (Å²) in [4.78, 5) is 11.1. The first kappa shape index (κ1) is 10.4. The fraction of sp³-hybridized carbons (Fsp3) is 0.875. The van der Waals surface area contributed by atoms with Gasteiger partial charge in [0.25, 0.3) is 0 Å². The van der Waals surface area contributed by atoms with Gasteiger partial charge in [-0.2, -0.15) is 0 Å². The van der Waals surface area contributed by atoms with E-state index in [0.29, 0.717) is 6.61 Å². The van der Waals surface area contributed by atoms with Gasteiger partial charge < -0.3 is 10.1 Å². The van der Waals surface area contributed by atoms with Gasteiger partial charge in [0, 0.05) is 13.7 Å². The van der Waals surface area contributed by atoms with Crippen LogP contribution in [0.2, 0.25) is 0 Å². The molecule has 0 aliphatic carbocycles. The topological polar surface area (TPSA) is 38.3 Å². The Kier molecular flexibility index (Phi) is 5.84. The lowest BCUT2D eigenvalue weighted by Crippen LogP contribution is -2.31. The summed E-state index contributed by atoms with van der Waals surface area (Å²) < 4.78 is 4.84. The number of rotatable bonds is 5. The zero-order valence-electron chi connectivity index (χ0n) is 7.52. The molecule has 0 radical (unpaired) electrons. The molecule has 1 unspecified atom stereocenters. The molecule has 0 saturated carbocycles. The van der Waals surface area contributed by atoms with Crippen LogP contribution in [-0.2, 0) is 9.53 Å². The third-order valence-electron chi connectivity index (χ3n) is 1.41. The van der Waals surface area contributed by atoms with Gasteiger partial charge in [-0.25, -0.2) is 0 Å². The van der Waals surface area contributed by atoms with Crippen LogP contribution in [0.1, 0.15) is 20.3 Å². The van der Waals surface area contributed by atoms with Gasteiger partial charge >= 0.3 is 0 Å². The molecular weight excluding hydrogens is 142 g/mol. The van der Waals surface area contributed by atoms with E-state index in [-0.39, 0.29) is 11.8 Å². The normalized spacial score (nSPS) is 12.6. The van der Waals surface area contributed by atoms with E-state index < -0.39 is 0 Å². The molecule has 3 nitrogen and oxygen atoms in total. The second-order valence-corrected chi connectivity index (χ2v) is 2.65. The van der Waals surface area contributed by atoms with Gasteiger partial charge in [0.2, 0.25) is 5.91 Å². The first-order valence-corrected chi connectivity index (χ1v) is 3.99. The predicted molar refractivity (Wildman–Crippen MR) is 44.3 cm³/mol. The highest BCUT2D eigenvalue weighted by atomic mass is 16.5. The molecule has 0 bridgehead atoms. The molecule has 1 atom stereocenters. The van der Waals surface area contributed by atoms with Crippen molar-refractivity contribution in [1.82, 2.24) is 5.32 Å². The SMILES string of the molecule is CCCNC(=O)C(C)COC. The van der Waals surface area contributed by atoms with Crippen molar-refractivity contribution >= 4 is 5.91 Å². The molecule has 1 N–H and O–H groups in total. The van der Waals surface area contributed by atoms with Gasteiger partial charge in [0.05, 0.1) is 12.5 Å². The quantitative estimate of drug-likeness (QED) is 0.644. The van der Waals surface area contributed by atoms with Crippen molar-refractivity contribution in [2.45, 2.75) is 20.3 Å². The highest BCUT2D eigenvalue weighted by Gasteiger charge is 2.10. The molecule has 0 aliphatic rings. The maximum absolute atomic E-state index is 11.1. The van der Waals surface area contributed by atoms with Gasteiger partial charge in [-0.3, -0.25) is 4.79 Å². The molecule has 0 saturated heterocycles. The third kappa shape index (κ3) is 4.79. The van der Waals surface area contributed by atoms with E-state index in [2.05, 4.69) is 5.32 Å². The van der Waals surface area contributed by atoms with Crippen LogP contribution in [0.3, 0.4) is 0 Å². The van der Waals surface area contributed by atoms with E-state index in [4.69, 9.17) is 4.74 Å². The lowest BCUT2D eigenvalue weighted by atomic mass is 10.2. The molecule has 3 heteroatoms. The molecule has 11 heavy (non-hydrogen) atoms. The summed E-state index contributed by atoms with van der Waals surface area (Å²) in [6, 6.07) is 0. The Morgan fingerprint density at radius 3 is 2.73 bits per heavy atom. The molecular formula is C8H17NO2. The number of nitrogens with one attached hydrogen (secondary N) is 1. The molecule has 1 amide bonds. The largest absolute Gasteiger partial charge is 0.384 e. The zero-order chi connectivity index (χ0) is 8.69. The minimum atomic E-state index is -0.0356. The number of hydrogen-bond acceptors (Lipinski definition) is 2. The monoisotopic (exact) mass is 159 g/mol. The van der Waals surface area contributed by atoms with Gasteiger partial charge in [-0.1, -0.05) is 13.8 Å². The lowest BCUT2D eigenvalue weighted by Gasteiger charge is -2.09. The van der Waals surface area contributed by atoms with E-state index in [1.807, 2.05) is 13.8 Å². The smallest absolute Gasteiger partial charge is 0.225 e. The maximum atomic E-state index is 11.1. The Labute approximate surface area is 68.1 Å². The van der Waals surface area contributed by atoms with E-state index in [0.717, 1.165) is 13.0 Å². The van der Waals surface area contributed by atoms with Gasteiger partial charge in [-0.15, -0.1) is 0 Å². The van der Waals surface area contributed by atoms with E-state index in [1.54, 1.807) is 7.11 Å². The molecule has 0 aliphatic heterocycles. The summed E-state index contributed by atoms with van der Waals surface area (Å²) in [6.07, 6.45) is 0.978. The third-order valence-corrected chi connectivity index (χ3v) is 1.41. The summed E-state index contributed by atoms with van der Waals surface area (Å²) in [6.45, 7) is 5.14. The van der Waals surface area contributed by atoms with Crippen molar-refractivity contribution < 1.29 is 9.53 Å². The van der Waals surface area contributed by atoms with Crippen LogP contribution in [0.5, 0.6) is 0 Å². The summed E-state index contributed by atoms with van der Waals surface area (Å²) in [5, 5.41) is 2.80. The van der Waals surface area contributed by atoms with Gasteiger partial charge in [0.15, 0.2) is 0 Å². The number of carbonyl (C=O) groups excluding carboxylic acids is 1. The van der Waals surface area contributed by atoms with Crippen LogP contribution in [0.25, 0.3) is 0 Å². The Balaban J connectivity index is 3.47. The zero-order valence-corrected chi connectivity index (χ0v) is 7.52. The fourth-order valence-electron chi connectivity index (χ4n) is 0.748. The number of ether oxygens (including phenoxy) is 1. The summed E-state index contributed by atoms with van der Waals surface area (Å²) in [7, 11) is 1.60. The Morgan fingerprint density at radius 1 is 1.64 bits per heavy atom. The van der Waals surface area contributed by atoms with Crippen molar-refractivity contribution in [3.8, 4) is 0 Å². The first-order valence-electron chi connectivity index (χ1n) is 3.99. The second kappa shape index (κ2) is 6.16. The lowest BCUT2D eigenvalue weighted by molar-refractivity contribution is -0.125. The van der Waals surface area contributed by atoms with Gasteiger partial charge in [0.1, 0.15) is 0 Å². The van der Waals surface area contributed by atoms with Crippen LogP contribution in [0.15, 0.2) is 0 Å². The van der Waals surface area contributed by atoms with Crippen molar-refractivity contribution in [2.75, 3.05) is 20.3 Å². The summed E-state index contributed by atoms with van der Waals surface area (Å²) >= 11 is 0. The average molecular weight is 159 g/mol. The van der Waals surface area contributed by atoms with E-state index in [1.165, 1.54) is 0 Å². The Bertz CT molecular complexity index is 115. The average Bonchev–Trinajstić information content (AvgIpc) is 2.00. The summed E-state index contributed by atoms with van der Waals surface area (Å²) in [5.74, 6) is 0.0419. The van der Waals surface area contributed by atoms with Crippen molar-refractivity contribution in [1.29, 1.82) is 0 Å². The number of amides is 1. The molecule has 0 spiro atoms.